The Bertz CT molecular complexity index is 1010. The molecule has 0 radical (unpaired) electrons. The molecule has 7 heteroatoms. The molecule has 6 nitrogen and oxygen atoms in total. The predicted octanol–water partition coefficient (Wildman–Crippen LogP) is 3.48. The molecule has 0 spiro atoms. The van der Waals surface area contributed by atoms with Crippen LogP contribution in [0.1, 0.15) is 15.9 Å². The molecule has 0 atom stereocenters. The quantitative estimate of drug-likeness (QED) is 0.691. The van der Waals surface area contributed by atoms with Crippen LogP contribution >= 0.6 is 11.3 Å². The first-order chi connectivity index (χ1) is 13.5. The van der Waals surface area contributed by atoms with E-state index in [9.17, 15) is 4.79 Å². The Labute approximate surface area is 168 Å². The maximum Gasteiger partial charge on any atom is 0.255 e. The molecule has 2 aromatic carbocycles. The summed E-state index contributed by atoms with van der Waals surface area (Å²) in [5, 5.41) is 3.97. The lowest BCUT2D eigenvalue weighted by Crippen LogP contribution is -2.28. The Morgan fingerprint density at radius 1 is 1.18 bits per heavy atom. The summed E-state index contributed by atoms with van der Waals surface area (Å²) >= 11 is 1.66. The Hall–Kier alpha value is -2.64. The van der Waals surface area contributed by atoms with Gasteiger partial charge in [0.15, 0.2) is 5.13 Å². The number of hydrogen-bond acceptors (Lipinski definition) is 6. The van der Waals surface area contributed by atoms with Gasteiger partial charge in [0.25, 0.3) is 5.91 Å². The highest BCUT2D eigenvalue weighted by atomic mass is 32.1. The second-order valence-corrected chi connectivity index (χ2v) is 8.29. The number of rotatable bonds is 6. The fourth-order valence-electron chi connectivity index (χ4n) is 3.13. The average molecular weight is 397 g/mol. The topological polar surface area (TPSA) is 57.7 Å². The van der Waals surface area contributed by atoms with Crippen LogP contribution in [0.3, 0.4) is 0 Å². The van der Waals surface area contributed by atoms with Crippen molar-refractivity contribution in [2.24, 2.45) is 0 Å². The van der Waals surface area contributed by atoms with Gasteiger partial charge in [-0.25, -0.2) is 4.98 Å². The van der Waals surface area contributed by atoms with Crippen LogP contribution in [0.2, 0.25) is 0 Å². The van der Waals surface area contributed by atoms with Crippen molar-refractivity contribution in [3.05, 3.63) is 47.5 Å². The molecule has 1 aliphatic heterocycles. The lowest BCUT2D eigenvalue weighted by molar-refractivity contribution is 0.102. The molecule has 146 valence electrons. The molecule has 0 saturated heterocycles. The molecule has 28 heavy (non-hydrogen) atoms. The molecule has 4 rings (SSSR count). The van der Waals surface area contributed by atoms with Crippen molar-refractivity contribution >= 4 is 38.3 Å². The first-order valence-corrected chi connectivity index (χ1v) is 10.1. The van der Waals surface area contributed by atoms with Crippen LogP contribution in [0, 0.1) is 0 Å². The number of nitrogens with one attached hydrogen (secondary N) is 1. The number of ether oxygens (including phenoxy) is 1. The molecule has 0 aliphatic carbocycles. The summed E-state index contributed by atoms with van der Waals surface area (Å²) in [6, 6.07) is 11.5. The van der Waals surface area contributed by atoms with E-state index in [-0.39, 0.29) is 5.91 Å². The van der Waals surface area contributed by atoms with E-state index in [4.69, 9.17) is 9.72 Å². The summed E-state index contributed by atoms with van der Waals surface area (Å²) < 4.78 is 6.62. The third-order valence-electron chi connectivity index (χ3n) is 4.79. The molecule has 0 bridgehead atoms. The number of aromatic nitrogens is 1. The smallest absolute Gasteiger partial charge is 0.255 e. The van der Waals surface area contributed by atoms with Gasteiger partial charge in [-0.05, 0) is 56.1 Å². The summed E-state index contributed by atoms with van der Waals surface area (Å²) in [6.07, 6.45) is 0.853. The number of thiazole rings is 1. The van der Waals surface area contributed by atoms with Crippen LogP contribution < -0.4 is 15.0 Å². The van der Waals surface area contributed by atoms with Gasteiger partial charge in [-0.1, -0.05) is 11.3 Å². The summed E-state index contributed by atoms with van der Waals surface area (Å²) in [5.74, 6) is 0.763. The highest BCUT2D eigenvalue weighted by Gasteiger charge is 2.16. The number of nitrogens with zero attached hydrogens (tertiary/aromatic N) is 3. The van der Waals surface area contributed by atoms with Crippen molar-refractivity contribution in [3.8, 4) is 5.75 Å². The number of carbonyl (C=O) groups excluding carboxylic acids is 1. The van der Waals surface area contributed by atoms with Gasteiger partial charge in [0.05, 0.1) is 16.8 Å². The number of fused-ring (bicyclic) bond motifs is 2. The largest absolute Gasteiger partial charge is 0.493 e. The molecule has 1 aliphatic rings. The van der Waals surface area contributed by atoms with Gasteiger partial charge in [0.2, 0.25) is 0 Å². The van der Waals surface area contributed by atoms with E-state index < -0.39 is 0 Å². The van der Waals surface area contributed by atoms with Crippen LogP contribution in [-0.4, -0.2) is 56.6 Å². The minimum absolute atomic E-state index is 0.118. The summed E-state index contributed by atoms with van der Waals surface area (Å²) in [6.45, 7) is 2.57. The summed E-state index contributed by atoms with van der Waals surface area (Å²) in [7, 11) is 6.19. The van der Waals surface area contributed by atoms with Crippen molar-refractivity contribution in [2.45, 2.75) is 6.42 Å². The van der Waals surface area contributed by atoms with Gasteiger partial charge < -0.3 is 19.9 Å². The molecule has 1 N–H and O–H groups in total. The van der Waals surface area contributed by atoms with Crippen LogP contribution in [0.5, 0.6) is 5.75 Å². The van der Waals surface area contributed by atoms with E-state index >= 15 is 0 Å². The lowest BCUT2D eigenvalue weighted by atomic mass is 10.1. The van der Waals surface area contributed by atoms with Crippen molar-refractivity contribution < 1.29 is 9.53 Å². The Morgan fingerprint density at radius 3 is 2.86 bits per heavy atom. The standard InChI is InChI=1S/C21H24N4O2S/c1-24(2)9-10-25(3)21-23-17-13-16(5-7-19(17)28-21)22-20(26)15-4-6-18-14(12-15)8-11-27-18/h4-7,12-13H,8-11H2,1-3H3,(H,22,26). The van der Waals surface area contributed by atoms with E-state index in [1.54, 1.807) is 17.4 Å². The van der Waals surface area contributed by atoms with E-state index in [1.165, 1.54) is 0 Å². The van der Waals surface area contributed by atoms with Gasteiger partial charge in [0.1, 0.15) is 5.75 Å². The zero-order chi connectivity index (χ0) is 19.7. The summed E-state index contributed by atoms with van der Waals surface area (Å²) in [5.41, 5.74) is 3.39. The molecular weight excluding hydrogens is 372 g/mol. The van der Waals surface area contributed by atoms with Gasteiger partial charge in [-0.3, -0.25) is 4.79 Å². The van der Waals surface area contributed by atoms with Gasteiger partial charge in [-0.15, -0.1) is 0 Å². The number of benzene rings is 2. The van der Waals surface area contributed by atoms with Crippen molar-refractivity contribution in [3.63, 3.8) is 0 Å². The fourth-order valence-corrected chi connectivity index (χ4v) is 4.07. The predicted molar refractivity (Wildman–Crippen MR) is 115 cm³/mol. The van der Waals surface area contributed by atoms with Crippen molar-refractivity contribution in [1.29, 1.82) is 0 Å². The Kier molecular flexibility index (Phi) is 5.19. The molecule has 1 aromatic heterocycles. The monoisotopic (exact) mass is 396 g/mol. The van der Waals surface area contributed by atoms with Crippen molar-refractivity contribution in [1.82, 2.24) is 9.88 Å². The number of amides is 1. The first-order valence-electron chi connectivity index (χ1n) is 9.33. The highest BCUT2D eigenvalue weighted by molar-refractivity contribution is 7.22. The first kappa shape index (κ1) is 18.7. The SMILES string of the molecule is CN(C)CCN(C)c1nc2cc(NC(=O)c3ccc4c(c3)CCO4)ccc2s1. The van der Waals surface area contributed by atoms with Crippen molar-refractivity contribution in [2.75, 3.05) is 51.1 Å². The lowest BCUT2D eigenvalue weighted by Gasteiger charge is -2.18. The normalized spacial score (nSPS) is 12.9. The zero-order valence-electron chi connectivity index (χ0n) is 16.4. The maximum atomic E-state index is 12.6. The average Bonchev–Trinajstić information content (AvgIpc) is 3.31. The van der Waals surface area contributed by atoms with Crippen LogP contribution in [0.4, 0.5) is 10.8 Å². The molecule has 3 aromatic rings. The van der Waals surface area contributed by atoms with E-state index in [0.717, 1.165) is 51.9 Å². The van der Waals surface area contributed by atoms with Gasteiger partial charge in [-0.2, -0.15) is 0 Å². The second kappa shape index (κ2) is 7.77. The molecule has 1 amide bonds. The minimum Gasteiger partial charge on any atom is -0.493 e. The fraction of sp³-hybridized carbons (Fsp3) is 0.333. The minimum atomic E-state index is -0.118. The number of likely N-dealkylation sites (N-methyl/N-ethyl adjacent to an activating group) is 2. The summed E-state index contributed by atoms with van der Waals surface area (Å²) in [4.78, 5) is 21.7. The Morgan fingerprint density at radius 2 is 2.04 bits per heavy atom. The molecule has 2 heterocycles. The molecule has 0 unspecified atom stereocenters. The highest BCUT2D eigenvalue weighted by Crippen LogP contribution is 2.30. The van der Waals surface area contributed by atoms with Crippen LogP contribution in [0.25, 0.3) is 10.2 Å². The van der Waals surface area contributed by atoms with Gasteiger partial charge >= 0.3 is 0 Å². The van der Waals surface area contributed by atoms with Gasteiger partial charge in [0, 0.05) is 37.8 Å². The van der Waals surface area contributed by atoms with E-state index in [2.05, 4.69) is 36.3 Å². The molecule has 0 fully saturated rings. The van der Waals surface area contributed by atoms with Crippen LogP contribution in [-0.2, 0) is 6.42 Å². The van der Waals surface area contributed by atoms with E-state index in [1.807, 2.05) is 30.3 Å². The Balaban J connectivity index is 1.49. The maximum absolute atomic E-state index is 12.6. The zero-order valence-corrected chi connectivity index (χ0v) is 17.2. The third-order valence-corrected chi connectivity index (χ3v) is 5.95. The van der Waals surface area contributed by atoms with E-state index in [0.29, 0.717) is 12.2 Å². The molecular formula is C21H24N4O2S. The third kappa shape index (κ3) is 3.95. The molecule has 0 saturated carbocycles. The second-order valence-electron chi connectivity index (χ2n) is 7.28. The number of hydrogen-bond donors (Lipinski definition) is 1. The number of anilines is 2. The number of carbonyl (C=O) groups is 1. The van der Waals surface area contributed by atoms with Crippen LogP contribution in [0.15, 0.2) is 36.4 Å².